The Labute approximate surface area is 132 Å². The number of nitrogens with two attached hydrogens (primary N) is 1. The SMILES string of the molecule is CN1CCCC(N(C)c2ccc(/C(N)=N/O)c(Br)c2F)C1. The maximum atomic E-state index is 14.6. The van der Waals surface area contributed by atoms with Crippen molar-refractivity contribution < 1.29 is 9.60 Å². The molecule has 21 heavy (non-hydrogen) atoms. The molecule has 0 spiro atoms. The van der Waals surface area contributed by atoms with E-state index >= 15 is 0 Å². The van der Waals surface area contributed by atoms with Gasteiger partial charge in [-0.25, -0.2) is 4.39 Å². The third kappa shape index (κ3) is 3.29. The van der Waals surface area contributed by atoms with Crippen LogP contribution in [0.15, 0.2) is 21.8 Å². The number of nitrogens with zero attached hydrogens (tertiary/aromatic N) is 3. The predicted molar refractivity (Wildman–Crippen MR) is 85.5 cm³/mol. The van der Waals surface area contributed by atoms with Crippen molar-refractivity contribution >= 4 is 27.5 Å². The van der Waals surface area contributed by atoms with Crippen LogP contribution >= 0.6 is 15.9 Å². The average molecular weight is 359 g/mol. The number of piperidine rings is 1. The standard InChI is InChI=1S/C14H20BrFN4O/c1-19-7-3-4-9(8-19)20(2)11-6-5-10(14(17)18-21)12(15)13(11)16/h5-6,9,21H,3-4,7-8H2,1-2H3,(H2,17,18). The number of halogens is 2. The molecule has 2 rings (SSSR count). The van der Waals surface area contributed by atoms with Crippen LogP contribution in [0.1, 0.15) is 18.4 Å². The summed E-state index contributed by atoms with van der Waals surface area (Å²) in [5.74, 6) is -0.512. The zero-order valence-electron chi connectivity index (χ0n) is 12.2. The van der Waals surface area contributed by atoms with E-state index in [0.29, 0.717) is 11.3 Å². The van der Waals surface area contributed by atoms with Crippen LogP contribution in [0.2, 0.25) is 0 Å². The molecule has 0 aromatic heterocycles. The molecule has 0 amide bonds. The number of anilines is 1. The second-order valence-corrected chi connectivity index (χ2v) is 6.21. The Bertz CT molecular complexity index is 552. The second-order valence-electron chi connectivity index (χ2n) is 5.41. The van der Waals surface area contributed by atoms with Crippen LogP contribution in [0, 0.1) is 5.82 Å². The number of oxime groups is 1. The molecule has 1 aliphatic heterocycles. The summed E-state index contributed by atoms with van der Waals surface area (Å²) in [5.41, 5.74) is 6.39. The van der Waals surface area contributed by atoms with Crippen LogP contribution in [0.4, 0.5) is 10.1 Å². The molecule has 1 aromatic carbocycles. The number of likely N-dealkylation sites (N-methyl/N-ethyl adjacent to an activating group) is 2. The van der Waals surface area contributed by atoms with E-state index in [1.807, 2.05) is 11.9 Å². The molecule has 1 atom stereocenters. The molecule has 0 radical (unpaired) electrons. The molecular formula is C14H20BrFN4O. The number of hydrogen-bond acceptors (Lipinski definition) is 4. The molecule has 0 bridgehead atoms. The summed E-state index contributed by atoms with van der Waals surface area (Å²) in [4.78, 5) is 4.22. The lowest BCUT2D eigenvalue weighted by Crippen LogP contribution is -2.45. The average Bonchev–Trinajstić information content (AvgIpc) is 2.48. The monoisotopic (exact) mass is 358 g/mol. The van der Waals surface area contributed by atoms with E-state index in [1.54, 1.807) is 12.1 Å². The lowest BCUT2D eigenvalue weighted by atomic mass is 10.0. The van der Waals surface area contributed by atoms with Gasteiger partial charge in [-0.2, -0.15) is 0 Å². The van der Waals surface area contributed by atoms with Crippen molar-refractivity contribution in [1.82, 2.24) is 4.90 Å². The quantitative estimate of drug-likeness (QED) is 0.376. The summed E-state index contributed by atoms with van der Waals surface area (Å²) in [6.45, 7) is 1.99. The first-order chi connectivity index (χ1) is 9.95. The smallest absolute Gasteiger partial charge is 0.171 e. The van der Waals surface area contributed by atoms with Gasteiger partial charge in [0.05, 0.1) is 10.2 Å². The molecule has 5 nitrogen and oxygen atoms in total. The highest BCUT2D eigenvalue weighted by atomic mass is 79.9. The minimum Gasteiger partial charge on any atom is -0.409 e. The Morgan fingerprint density at radius 1 is 1.57 bits per heavy atom. The Morgan fingerprint density at radius 2 is 2.29 bits per heavy atom. The van der Waals surface area contributed by atoms with Crippen molar-refractivity contribution in [2.75, 3.05) is 32.1 Å². The van der Waals surface area contributed by atoms with Crippen LogP contribution in [0.3, 0.4) is 0 Å². The first-order valence-electron chi connectivity index (χ1n) is 6.83. The van der Waals surface area contributed by atoms with E-state index < -0.39 is 5.82 Å². The minimum absolute atomic E-state index is 0.118. The molecule has 0 aliphatic carbocycles. The van der Waals surface area contributed by atoms with Crippen LogP contribution in [0.25, 0.3) is 0 Å². The van der Waals surface area contributed by atoms with Crippen LogP contribution in [0.5, 0.6) is 0 Å². The van der Waals surface area contributed by atoms with E-state index in [4.69, 9.17) is 10.9 Å². The number of benzene rings is 1. The summed E-state index contributed by atoms with van der Waals surface area (Å²) >= 11 is 3.19. The molecule has 3 N–H and O–H groups in total. The van der Waals surface area contributed by atoms with Gasteiger partial charge < -0.3 is 20.7 Å². The lowest BCUT2D eigenvalue weighted by Gasteiger charge is -2.37. The Kier molecular flexibility index (Phi) is 5.05. The first-order valence-corrected chi connectivity index (χ1v) is 7.62. The third-order valence-corrected chi connectivity index (χ3v) is 4.75. The van der Waals surface area contributed by atoms with Gasteiger partial charge >= 0.3 is 0 Å². The van der Waals surface area contributed by atoms with Crippen molar-refractivity contribution in [1.29, 1.82) is 0 Å². The van der Waals surface area contributed by atoms with Crippen LogP contribution in [-0.4, -0.2) is 49.2 Å². The van der Waals surface area contributed by atoms with Gasteiger partial charge in [-0.3, -0.25) is 0 Å². The zero-order valence-corrected chi connectivity index (χ0v) is 13.8. The van der Waals surface area contributed by atoms with Crippen molar-refractivity contribution in [3.63, 3.8) is 0 Å². The summed E-state index contributed by atoms with van der Waals surface area (Å²) in [6, 6.07) is 3.60. The number of amidine groups is 1. The van der Waals surface area contributed by atoms with E-state index in [0.717, 1.165) is 25.9 Å². The van der Waals surface area contributed by atoms with Gasteiger partial charge in [-0.15, -0.1) is 0 Å². The van der Waals surface area contributed by atoms with E-state index in [2.05, 4.69) is 33.0 Å². The third-order valence-electron chi connectivity index (χ3n) is 3.97. The highest BCUT2D eigenvalue weighted by molar-refractivity contribution is 9.10. The molecule has 7 heteroatoms. The van der Waals surface area contributed by atoms with Gasteiger partial charge in [0.25, 0.3) is 0 Å². The van der Waals surface area contributed by atoms with E-state index in [1.165, 1.54) is 0 Å². The zero-order chi connectivity index (χ0) is 15.6. The Hall–Kier alpha value is -1.34. The maximum absolute atomic E-state index is 14.6. The Balaban J connectivity index is 2.30. The summed E-state index contributed by atoms with van der Waals surface area (Å²) in [5, 5.41) is 11.6. The fraction of sp³-hybridized carbons (Fsp3) is 0.500. The minimum atomic E-state index is -0.394. The van der Waals surface area contributed by atoms with Crippen molar-refractivity contribution in [2.45, 2.75) is 18.9 Å². The topological polar surface area (TPSA) is 65.1 Å². The largest absolute Gasteiger partial charge is 0.409 e. The molecule has 116 valence electrons. The van der Waals surface area contributed by atoms with Crippen molar-refractivity contribution in [3.8, 4) is 0 Å². The summed E-state index contributed by atoms with van der Waals surface area (Å²) < 4.78 is 14.8. The van der Waals surface area contributed by atoms with Gasteiger partial charge in [0, 0.05) is 25.2 Å². The Morgan fingerprint density at radius 3 is 2.90 bits per heavy atom. The van der Waals surface area contributed by atoms with Crippen molar-refractivity contribution in [2.24, 2.45) is 10.9 Å². The molecule has 0 saturated carbocycles. The first kappa shape index (κ1) is 16.0. The molecule has 1 unspecified atom stereocenters. The second kappa shape index (κ2) is 6.62. The maximum Gasteiger partial charge on any atom is 0.171 e. The number of rotatable bonds is 3. The highest BCUT2D eigenvalue weighted by Gasteiger charge is 2.24. The van der Waals surface area contributed by atoms with Crippen LogP contribution in [-0.2, 0) is 0 Å². The molecule has 1 saturated heterocycles. The predicted octanol–water partition coefficient (Wildman–Crippen LogP) is 2.21. The van der Waals surface area contributed by atoms with Gasteiger partial charge in [0.2, 0.25) is 0 Å². The molecule has 1 aliphatic rings. The molecular weight excluding hydrogens is 339 g/mol. The van der Waals surface area contributed by atoms with Gasteiger partial charge in [-0.1, -0.05) is 5.16 Å². The van der Waals surface area contributed by atoms with Crippen molar-refractivity contribution in [3.05, 3.63) is 28.0 Å². The summed E-state index contributed by atoms with van der Waals surface area (Å²) in [7, 11) is 3.98. The van der Waals surface area contributed by atoms with Gasteiger partial charge in [-0.05, 0) is 54.5 Å². The molecule has 1 heterocycles. The fourth-order valence-electron chi connectivity index (χ4n) is 2.72. The van der Waals surface area contributed by atoms with Gasteiger partial charge in [0.15, 0.2) is 11.7 Å². The number of likely N-dealkylation sites (tertiary alicyclic amines) is 1. The number of hydrogen-bond donors (Lipinski definition) is 2. The lowest BCUT2D eigenvalue weighted by molar-refractivity contribution is 0.247. The van der Waals surface area contributed by atoms with Gasteiger partial charge in [0.1, 0.15) is 0 Å². The fourth-order valence-corrected chi connectivity index (χ4v) is 3.25. The normalized spacial score (nSPS) is 20.6. The summed E-state index contributed by atoms with van der Waals surface area (Å²) in [6.07, 6.45) is 2.15. The van der Waals surface area contributed by atoms with E-state index in [9.17, 15) is 4.39 Å². The highest BCUT2D eigenvalue weighted by Crippen LogP contribution is 2.31. The van der Waals surface area contributed by atoms with Crippen LogP contribution < -0.4 is 10.6 Å². The van der Waals surface area contributed by atoms with E-state index in [-0.39, 0.29) is 16.4 Å². The molecule has 1 aromatic rings. The molecule has 1 fully saturated rings.